The van der Waals surface area contributed by atoms with Crippen molar-refractivity contribution in [1.82, 2.24) is 15.6 Å². The van der Waals surface area contributed by atoms with Crippen molar-refractivity contribution in [3.63, 3.8) is 0 Å². The second kappa shape index (κ2) is 11.5. The Balaban J connectivity index is 1.65. The summed E-state index contributed by atoms with van der Waals surface area (Å²) in [5.41, 5.74) is 6.55. The van der Waals surface area contributed by atoms with Gasteiger partial charge >= 0.3 is 0 Å². The average Bonchev–Trinajstić information content (AvgIpc) is 2.78. The second-order valence-electron chi connectivity index (χ2n) is 9.78. The monoisotopic (exact) mass is 428 g/mol. The van der Waals surface area contributed by atoms with E-state index >= 15 is 0 Å². The molecule has 2 saturated carbocycles. The van der Waals surface area contributed by atoms with Crippen LogP contribution in [-0.4, -0.2) is 22.8 Å². The van der Waals surface area contributed by atoms with Crippen LogP contribution in [0.15, 0.2) is 18.3 Å². The smallest absolute Gasteiger partial charge is 0.242 e. The molecule has 5 atom stereocenters. The van der Waals surface area contributed by atoms with Crippen molar-refractivity contribution in [3.8, 4) is 0 Å². The Kier molecular flexibility index (Phi) is 8.73. The molecule has 31 heavy (non-hydrogen) atoms. The number of rotatable bonds is 9. The van der Waals surface area contributed by atoms with Gasteiger partial charge in [-0.25, -0.2) is 4.98 Å². The van der Waals surface area contributed by atoms with E-state index in [-0.39, 0.29) is 11.8 Å². The fourth-order valence-electron chi connectivity index (χ4n) is 5.47. The third-order valence-electron chi connectivity index (χ3n) is 7.46. The molecule has 0 aromatic carbocycles. The summed E-state index contributed by atoms with van der Waals surface area (Å²) in [5, 5.41) is 6.10. The lowest BCUT2D eigenvalue weighted by atomic mass is 9.64. The highest BCUT2D eigenvalue weighted by molar-refractivity contribution is 5.87. The van der Waals surface area contributed by atoms with Crippen LogP contribution in [0.4, 0.5) is 5.82 Å². The van der Waals surface area contributed by atoms with Gasteiger partial charge in [-0.3, -0.25) is 9.59 Å². The van der Waals surface area contributed by atoms with Gasteiger partial charge in [0.25, 0.3) is 0 Å². The molecular formula is C25H40N4O2. The maximum Gasteiger partial charge on any atom is 0.242 e. The second-order valence-corrected chi connectivity index (χ2v) is 9.78. The van der Waals surface area contributed by atoms with Crippen LogP contribution in [0.2, 0.25) is 0 Å². The zero-order chi connectivity index (χ0) is 22.2. The quantitative estimate of drug-likeness (QED) is 0.549. The van der Waals surface area contributed by atoms with Crippen LogP contribution in [0, 0.1) is 23.7 Å². The molecule has 4 unspecified atom stereocenters. The molecule has 6 heteroatoms. The third kappa shape index (κ3) is 6.94. The zero-order valence-corrected chi connectivity index (χ0v) is 19.2. The van der Waals surface area contributed by atoms with Crippen LogP contribution < -0.4 is 16.4 Å². The highest BCUT2D eigenvalue weighted by Gasteiger charge is 2.37. The number of aromatic nitrogens is 1. The predicted octanol–water partition coefficient (Wildman–Crippen LogP) is 4.20. The number of nitrogen functional groups attached to an aromatic ring is 1. The molecular weight excluding hydrogens is 388 g/mol. The summed E-state index contributed by atoms with van der Waals surface area (Å²) >= 11 is 0. The average molecular weight is 429 g/mol. The van der Waals surface area contributed by atoms with E-state index in [4.69, 9.17) is 5.73 Å². The van der Waals surface area contributed by atoms with Gasteiger partial charge in [-0.05, 0) is 48.1 Å². The largest absolute Gasteiger partial charge is 0.384 e. The van der Waals surface area contributed by atoms with Gasteiger partial charge in [0.1, 0.15) is 11.9 Å². The first-order valence-electron chi connectivity index (χ1n) is 12.2. The Morgan fingerprint density at radius 2 is 1.94 bits per heavy atom. The minimum absolute atomic E-state index is 0.0142. The maximum atomic E-state index is 13.1. The van der Waals surface area contributed by atoms with Gasteiger partial charge in [0.2, 0.25) is 11.8 Å². The minimum Gasteiger partial charge on any atom is -0.384 e. The van der Waals surface area contributed by atoms with Crippen molar-refractivity contribution in [1.29, 1.82) is 0 Å². The summed E-state index contributed by atoms with van der Waals surface area (Å²) in [6, 6.07) is 3.13. The standard InChI is InChI=1S/C25H40N4O2/c1-3-17(2)13-24(30)29-22(25(31)28-16-18-11-12-23(26)27-15-18)14-20-9-6-8-19-7-4-5-10-21(19)20/h11-12,15,17,19-22H,3-10,13-14,16H2,1-2H3,(H2,26,27)(H,28,31)(H,29,30)/t17?,19?,20?,21-,22?/m0/s1. The van der Waals surface area contributed by atoms with Crippen LogP contribution in [0.5, 0.6) is 0 Å². The summed E-state index contributed by atoms with van der Waals surface area (Å²) in [5.74, 6) is 2.73. The number of nitrogens with one attached hydrogen (secondary N) is 2. The maximum absolute atomic E-state index is 13.1. The Morgan fingerprint density at radius 3 is 2.68 bits per heavy atom. The van der Waals surface area contributed by atoms with Gasteiger partial charge in [0.05, 0.1) is 0 Å². The number of pyridine rings is 1. The lowest BCUT2D eigenvalue weighted by molar-refractivity contribution is -0.130. The van der Waals surface area contributed by atoms with Crippen molar-refractivity contribution in [3.05, 3.63) is 23.9 Å². The first kappa shape index (κ1) is 23.6. The van der Waals surface area contributed by atoms with E-state index in [9.17, 15) is 9.59 Å². The molecule has 0 aliphatic heterocycles. The summed E-state index contributed by atoms with van der Waals surface area (Å²) in [4.78, 5) is 29.9. The molecule has 2 aliphatic carbocycles. The first-order valence-corrected chi connectivity index (χ1v) is 12.2. The number of hydrogen-bond acceptors (Lipinski definition) is 4. The number of carbonyl (C=O) groups excluding carboxylic acids is 2. The molecule has 2 aliphatic rings. The van der Waals surface area contributed by atoms with E-state index in [0.717, 1.165) is 24.3 Å². The van der Waals surface area contributed by atoms with E-state index in [1.807, 2.05) is 6.07 Å². The fraction of sp³-hybridized carbons (Fsp3) is 0.720. The van der Waals surface area contributed by atoms with E-state index in [0.29, 0.717) is 36.5 Å². The number of nitrogens with zero attached hydrogens (tertiary/aromatic N) is 1. The number of amides is 2. The summed E-state index contributed by atoms with van der Waals surface area (Å²) in [6.45, 7) is 4.56. The Hall–Kier alpha value is -2.11. The van der Waals surface area contributed by atoms with Gasteiger partial charge in [-0.15, -0.1) is 0 Å². The molecule has 2 amide bonds. The Bertz CT molecular complexity index is 719. The van der Waals surface area contributed by atoms with Crippen LogP contribution in [0.3, 0.4) is 0 Å². The van der Waals surface area contributed by atoms with Gasteiger partial charge in [0, 0.05) is 19.2 Å². The van der Waals surface area contributed by atoms with Crippen molar-refractivity contribution in [2.45, 2.75) is 90.6 Å². The molecule has 1 aromatic heterocycles. The minimum atomic E-state index is -0.469. The highest BCUT2D eigenvalue weighted by atomic mass is 16.2. The lowest BCUT2D eigenvalue weighted by Gasteiger charge is -2.42. The molecule has 1 aromatic rings. The molecule has 1 heterocycles. The SMILES string of the molecule is CCC(C)CC(=O)NC(CC1CCCC2CCCC[C@@H]21)C(=O)NCc1ccc(N)nc1. The van der Waals surface area contributed by atoms with Crippen LogP contribution in [0.1, 0.15) is 83.6 Å². The van der Waals surface area contributed by atoms with Crippen LogP contribution in [0.25, 0.3) is 0 Å². The van der Waals surface area contributed by atoms with Gasteiger partial charge in [-0.2, -0.15) is 0 Å². The number of carbonyl (C=O) groups is 2. The number of fused-ring (bicyclic) bond motifs is 1. The molecule has 6 nitrogen and oxygen atoms in total. The number of anilines is 1. The predicted molar refractivity (Wildman–Crippen MR) is 124 cm³/mol. The number of hydrogen-bond donors (Lipinski definition) is 3. The van der Waals surface area contributed by atoms with Crippen molar-refractivity contribution in [2.75, 3.05) is 5.73 Å². The van der Waals surface area contributed by atoms with Crippen molar-refractivity contribution >= 4 is 17.6 Å². The molecule has 0 saturated heterocycles. The van der Waals surface area contributed by atoms with Crippen LogP contribution >= 0.6 is 0 Å². The molecule has 0 radical (unpaired) electrons. The Morgan fingerprint density at radius 1 is 1.16 bits per heavy atom. The molecule has 3 rings (SSSR count). The number of nitrogens with two attached hydrogens (primary N) is 1. The van der Waals surface area contributed by atoms with Gasteiger partial charge in [-0.1, -0.05) is 64.9 Å². The highest BCUT2D eigenvalue weighted by Crippen LogP contribution is 2.45. The van der Waals surface area contributed by atoms with E-state index in [2.05, 4.69) is 29.5 Å². The summed E-state index contributed by atoms with van der Waals surface area (Å²) in [7, 11) is 0. The zero-order valence-electron chi connectivity index (χ0n) is 19.2. The van der Waals surface area contributed by atoms with E-state index in [1.165, 1.54) is 44.9 Å². The van der Waals surface area contributed by atoms with Crippen molar-refractivity contribution < 1.29 is 9.59 Å². The molecule has 0 spiro atoms. The summed E-state index contributed by atoms with van der Waals surface area (Å²) < 4.78 is 0. The summed E-state index contributed by atoms with van der Waals surface area (Å²) in [6.07, 6.45) is 12.9. The fourth-order valence-corrected chi connectivity index (χ4v) is 5.47. The van der Waals surface area contributed by atoms with Crippen molar-refractivity contribution in [2.24, 2.45) is 23.7 Å². The molecule has 0 bridgehead atoms. The third-order valence-corrected chi connectivity index (χ3v) is 7.46. The molecule has 4 N–H and O–H groups in total. The Labute approximate surface area is 187 Å². The van der Waals surface area contributed by atoms with Gasteiger partial charge in [0.15, 0.2) is 0 Å². The first-order chi connectivity index (χ1) is 15.0. The topological polar surface area (TPSA) is 97.1 Å². The molecule has 172 valence electrons. The lowest BCUT2D eigenvalue weighted by Crippen LogP contribution is -2.49. The van der Waals surface area contributed by atoms with Gasteiger partial charge < -0.3 is 16.4 Å². The van der Waals surface area contributed by atoms with Crippen LogP contribution in [-0.2, 0) is 16.1 Å². The molecule has 2 fully saturated rings. The normalized spacial score (nSPS) is 25.2. The van der Waals surface area contributed by atoms with E-state index < -0.39 is 6.04 Å². The van der Waals surface area contributed by atoms with E-state index in [1.54, 1.807) is 12.3 Å².